The van der Waals surface area contributed by atoms with Crippen LogP contribution < -0.4 is 4.74 Å². The molecule has 0 aliphatic carbocycles. The zero-order valence-electron chi connectivity index (χ0n) is 17.6. The standard InChI is InChI=1S/C28H27FO/c1-3-4-5-6-20-7-8-23-18-24(10-9-22(23)17-20)25-13-16-27(28(29)19-25)21-11-14-26(30-2)15-12-21/h7-19H,3-6H2,1-2H3. The van der Waals surface area contributed by atoms with Gasteiger partial charge in [0.2, 0.25) is 0 Å². The molecule has 1 nitrogen and oxygen atoms in total. The summed E-state index contributed by atoms with van der Waals surface area (Å²) in [5.74, 6) is 0.546. The van der Waals surface area contributed by atoms with Gasteiger partial charge in [-0.05, 0) is 70.1 Å². The van der Waals surface area contributed by atoms with Gasteiger partial charge in [0.25, 0.3) is 0 Å². The number of benzene rings is 4. The molecule has 0 N–H and O–H groups in total. The molecule has 4 aromatic rings. The minimum absolute atomic E-state index is 0.218. The number of halogens is 1. The lowest BCUT2D eigenvalue weighted by Crippen LogP contribution is -1.89. The second-order valence-corrected chi connectivity index (χ2v) is 7.78. The van der Waals surface area contributed by atoms with Crippen LogP contribution in [0.4, 0.5) is 4.39 Å². The van der Waals surface area contributed by atoms with E-state index in [0.29, 0.717) is 5.56 Å². The maximum atomic E-state index is 14.9. The average molecular weight is 399 g/mol. The molecule has 0 atom stereocenters. The van der Waals surface area contributed by atoms with Crippen LogP contribution in [0.2, 0.25) is 0 Å². The van der Waals surface area contributed by atoms with Crippen molar-refractivity contribution in [3.8, 4) is 28.0 Å². The average Bonchev–Trinajstić information content (AvgIpc) is 2.79. The van der Waals surface area contributed by atoms with E-state index in [4.69, 9.17) is 4.74 Å². The number of methoxy groups -OCH3 is 1. The van der Waals surface area contributed by atoms with Gasteiger partial charge in [0, 0.05) is 5.56 Å². The Morgan fingerprint density at radius 3 is 2.10 bits per heavy atom. The van der Waals surface area contributed by atoms with E-state index in [2.05, 4.69) is 43.3 Å². The van der Waals surface area contributed by atoms with Crippen LogP contribution in [0.25, 0.3) is 33.0 Å². The highest BCUT2D eigenvalue weighted by Crippen LogP contribution is 2.31. The lowest BCUT2D eigenvalue weighted by molar-refractivity contribution is 0.415. The van der Waals surface area contributed by atoms with Gasteiger partial charge in [0.1, 0.15) is 11.6 Å². The van der Waals surface area contributed by atoms with Crippen LogP contribution in [0.5, 0.6) is 5.75 Å². The molecule has 0 bridgehead atoms. The molecular weight excluding hydrogens is 371 g/mol. The van der Waals surface area contributed by atoms with Crippen LogP contribution in [0.1, 0.15) is 31.7 Å². The Labute approximate surface area is 178 Å². The molecule has 152 valence electrons. The topological polar surface area (TPSA) is 9.23 Å². The van der Waals surface area contributed by atoms with Crippen LogP contribution in [-0.2, 0) is 6.42 Å². The zero-order chi connectivity index (χ0) is 20.9. The first-order valence-corrected chi connectivity index (χ1v) is 10.6. The number of rotatable bonds is 7. The minimum atomic E-state index is -0.218. The quantitative estimate of drug-likeness (QED) is 0.286. The lowest BCUT2D eigenvalue weighted by Gasteiger charge is -2.09. The first-order valence-electron chi connectivity index (χ1n) is 10.6. The van der Waals surface area contributed by atoms with E-state index < -0.39 is 0 Å². The summed E-state index contributed by atoms with van der Waals surface area (Å²) in [5.41, 5.74) is 4.74. The Morgan fingerprint density at radius 1 is 0.700 bits per heavy atom. The molecule has 0 spiro atoms. The number of fused-ring (bicyclic) bond motifs is 1. The highest BCUT2D eigenvalue weighted by Gasteiger charge is 2.09. The van der Waals surface area contributed by atoms with Gasteiger partial charge in [-0.1, -0.05) is 74.4 Å². The van der Waals surface area contributed by atoms with Crippen LogP contribution in [-0.4, -0.2) is 7.11 Å². The number of unbranched alkanes of at least 4 members (excludes halogenated alkanes) is 2. The van der Waals surface area contributed by atoms with E-state index in [9.17, 15) is 4.39 Å². The first kappa shape index (κ1) is 20.2. The summed E-state index contributed by atoms with van der Waals surface area (Å²) in [4.78, 5) is 0. The molecule has 0 amide bonds. The van der Waals surface area contributed by atoms with E-state index in [1.165, 1.54) is 35.6 Å². The maximum absolute atomic E-state index is 14.9. The summed E-state index contributed by atoms with van der Waals surface area (Å²) >= 11 is 0. The number of aryl methyl sites for hydroxylation is 1. The Balaban J connectivity index is 1.59. The van der Waals surface area contributed by atoms with Crippen LogP contribution in [0.3, 0.4) is 0 Å². The number of hydrogen-bond acceptors (Lipinski definition) is 1. The molecule has 4 aromatic carbocycles. The largest absolute Gasteiger partial charge is 0.497 e. The minimum Gasteiger partial charge on any atom is -0.497 e. The monoisotopic (exact) mass is 398 g/mol. The SMILES string of the molecule is CCCCCc1ccc2cc(-c3ccc(-c4ccc(OC)cc4)c(F)c3)ccc2c1. The number of hydrogen-bond donors (Lipinski definition) is 0. The second kappa shape index (κ2) is 9.13. The third-order valence-corrected chi connectivity index (χ3v) is 5.68. The third-order valence-electron chi connectivity index (χ3n) is 5.68. The fraction of sp³-hybridized carbons (Fsp3) is 0.214. The van der Waals surface area contributed by atoms with E-state index in [0.717, 1.165) is 28.9 Å². The van der Waals surface area contributed by atoms with Crippen molar-refractivity contribution >= 4 is 10.8 Å². The molecule has 0 fully saturated rings. The van der Waals surface area contributed by atoms with Gasteiger partial charge in [0.05, 0.1) is 7.11 Å². The van der Waals surface area contributed by atoms with E-state index in [1.54, 1.807) is 13.2 Å². The molecule has 0 heterocycles. The van der Waals surface area contributed by atoms with Crippen molar-refractivity contribution in [3.05, 3.63) is 90.2 Å². The van der Waals surface area contributed by atoms with Crippen molar-refractivity contribution in [2.45, 2.75) is 32.6 Å². The number of ether oxygens (including phenoxy) is 1. The van der Waals surface area contributed by atoms with Crippen molar-refractivity contribution in [1.29, 1.82) is 0 Å². The van der Waals surface area contributed by atoms with Crippen LogP contribution >= 0.6 is 0 Å². The fourth-order valence-electron chi connectivity index (χ4n) is 3.91. The summed E-state index contributed by atoms with van der Waals surface area (Å²) in [6.07, 6.45) is 4.88. The van der Waals surface area contributed by atoms with Crippen LogP contribution in [0.15, 0.2) is 78.9 Å². The normalized spacial score (nSPS) is 11.0. The van der Waals surface area contributed by atoms with Crippen molar-refractivity contribution in [3.63, 3.8) is 0 Å². The predicted octanol–water partition coefficient (Wildman–Crippen LogP) is 8.05. The second-order valence-electron chi connectivity index (χ2n) is 7.78. The van der Waals surface area contributed by atoms with Gasteiger partial charge in [-0.25, -0.2) is 4.39 Å². The molecular formula is C28H27FO. The molecule has 0 aliphatic rings. The predicted molar refractivity (Wildman–Crippen MR) is 125 cm³/mol. The summed E-state index contributed by atoms with van der Waals surface area (Å²) in [6.45, 7) is 2.23. The highest BCUT2D eigenvalue weighted by atomic mass is 19.1. The Morgan fingerprint density at radius 2 is 1.37 bits per heavy atom. The van der Waals surface area contributed by atoms with Crippen molar-refractivity contribution in [2.24, 2.45) is 0 Å². The smallest absolute Gasteiger partial charge is 0.131 e. The van der Waals surface area contributed by atoms with Crippen molar-refractivity contribution < 1.29 is 9.13 Å². The van der Waals surface area contributed by atoms with Crippen molar-refractivity contribution in [1.82, 2.24) is 0 Å². The molecule has 0 saturated heterocycles. The summed E-state index contributed by atoms with van der Waals surface area (Å²) in [5, 5.41) is 2.43. The Bertz CT molecular complexity index is 1150. The van der Waals surface area contributed by atoms with E-state index in [1.807, 2.05) is 36.4 Å². The summed E-state index contributed by atoms with van der Waals surface area (Å²) in [6, 6.07) is 26.0. The fourth-order valence-corrected chi connectivity index (χ4v) is 3.91. The molecule has 4 rings (SSSR count). The Kier molecular flexibility index (Phi) is 6.13. The molecule has 2 heteroatoms. The first-order chi connectivity index (χ1) is 14.7. The van der Waals surface area contributed by atoms with Crippen LogP contribution in [0, 0.1) is 5.82 Å². The zero-order valence-corrected chi connectivity index (χ0v) is 17.6. The van der Waals surface area contributed by atoms with Crippen molar-refractivity contribution in [2.75, 3.05) is 7.11 Å². The lowest BCUT2D eigenvalue weighted by atomic mass is 9.96. The Hall–Kier alpha value is -3.13. The summed E-state index contributed by atoms with van der Waals surface area (Å²) < 4.78 is 20.1. The van der Waals surface area contributed by atoms with E-state index in [-0.39, 0.29) is 5.82 Å². The molecule has 0 radical (unpaired) electrons. The molecule has 0 saturated carbocycles. The van der Waals surface area contributed by atoms with Gasteiger partial charge < -0.3 is 4.74 Å². The van der Waals surface area contributed by atoms with Gasteiger partial charge in [-0.3, -0.25) is 0 Å². The third kappa shape index (κ3) is 4.38. The van der Waals surface area contributed by atoms with Gasteiger partial charge in [-0.15, -0.1) is 0 Å². The molecule has 30 heavy (non-hydrogen) atoms. The maximum Gasteiger partial charge on any atom is 0.131 e. The van der Waals surface area contributed by atoms with Gasteiger partial charge >= 0.3 is 0 Å². The highest BCUT2D eigenvalue weighted by molar-refractivity contribution is 5.88. The summed E-state index contributed by atoms with van der Waals surface area (Å²) in [7, 11) is 1.63. The molecule has 0 aromatic heterocycles. The molecule has 0 aliphatic heterocycles. The van der Waals surface area contributed by atoms with E-state index >= 15 is 0 Å². The van der Waals surface area contributed by atoms with Gasteiger partial charge in [-0.2, -0.15) is 0 Å². The van der Waals surface area contributed by atoms with Gasteiger partial charge in [0.15, 0.2) is 0 Å². The molecule has 0 unspecified atom stereocenters.